The smallest absolute Gasteiger partial charge is 0.352 e. The van der Waals surface area contributed by atoms with Gasteiger partial charge in [0.2, 0.25) is 0 Å². The number of hydrogen-bond donors (Lipinski definition) is 0. The zero-order valence-electron chi connectivity index (χ0n) is 15.9. The summed E-state index contributed by atoms with van der Waals surface area (Å²) in [6, 6.07) is 0. The summed E-state index contributed by atoms with van der Waals surface area (Å²) in [5, 5.41) is 1.41. The Bertz CT molecular complexity index is 300. The minimum atomic E-state index is -0.297. The molecular weight excluding hydrogens is 286 g/mol. The predicted octanol–water partition coefficient (Wildman–Crippen LogP) is 6.04. The normalized spacial score (nSPS) is 11.0. The SMILES string of the molecule is C=C(CCCCCCCCCCCCCCC)C(=O)ON(C)C. The molecule has 0 fully saturated rings. The van der Waals surface area contributed by atoms with E-state index < -0.39 is 0 Å². The molecule has 0 radical (unpaired) electrons. The van der Waals surface area contributed by atoms with Gasteiger partial charge in [-0.2, -0.15) is 0 Å². The molecule has 0 aromatic rings. The number of carbonyl (C=O) groups is 1. The molecule has 0 heterocycles. The molecule has 0 aromatic heterocycles. The fourth-order valence-electron chi connectivity index (χ4n) is 2.69. The molecule has 0 rings (SSSR count). The monoisotopic (exact) mass is 325 g/mol. The molecule has 0 amide bonds. The van der Waals surface area contributed by atoms with Crippen molar-refractivity contribution in [1.82, 2.24) is 5.06 Å². The van der Waals surface area contributed by atoms with Crippen LogP contribution in [0.4, 0.5) is 0 Å². The number of nitrogens with zero attached hydrogens (tertiary/aromatic N) is 1. The van der Waals surface area contributed by atoms with Crippen LogP contribution in [0.25, 0.3) is 0 Å². The van der Waals surface area contributed by atoms with Crippen LogP contribution in [0.5, 0.6) is 0 Å². The Morgan fingerprint density at radius 1 is 0.783 bits per heavy atom. The molecule has 0 bridgehead atoms. The van der Waals surface area contributed by atoms with Gasteiger partial charge in [-0.15, -0.1) is 5.06 Å². The number of carbonyl (C=O) groups excluding carboxylic acids is 1. The largest absolute Gasteiger partial charge is 0.365 e. The van der Waals surface area contributed by atoms with Gasteiger partial charge in [0.1, 0.15) is 0 Å². The first-order valence-corrected chi connectivity index (χ1v) is 9.65. The van der Waals surface area contributed by atoms with Gasteiger partial charge in [-0.05, 0) is 12.8 Å². The summed E-state index contributed by atoms with van der Waals surface area (Å²) in [7, 11) is 3.41. The summed E-state index contributed by atoms with van der Waals surface area (Å²) >= 11 is 0. The summed E-state index contributed by atoms with van der Waals surface area (Å²) < 4.78 is 0. The van der Waals surface area contributed by atoms with E-state index >= 15 is 0 Å². The maximum Gasteiger partial charge on any atom is 0.352 e. The molecule has 0 saturated heterocycles. The molecular formula is C20H39NO2. The Kier molecular flexibility index (Phi) is 15.5. The van der Waals surface area contributed by atoms with Gasteiger partial charge in [-0.1, -0.05) is 90.6 Å². The van der Waals surface area contributed by atoms with Crippen molar-refractivity contribution in [1.29, 1.82) is 0 Å². The Morgan fingerprint density at radius 3 is 1.57 bits per heavy atom. The number of rotatable bonds is 16. The van der Waals surface area contributed by atoms with E-state index in [-0.39, 0.29) is 5.97 Å². The van der Waals surface area contributed by atoms with Crippen molar-refractivity contribution in [2.45, 2.75) is 96.8 Å². The van der Waals surface area contributed by atoms with Crippen molar-refractivity contribution in [2.24, 2.45) is 0 Å². The summed E-state index contributed by atoms with van der Waals surface area (Å²) in [6.45, 7) is 6.07. The fraction of sp³-hybridized carbons (Fsp3) is 0.850. The molecule has 136 valence electrons. The quantitative estimate of drug-likeness (QED) is 0.197. The molecule has 3 nitrogen and oxygen atoms in total. The van der Waals surface area contributed by atoms with Gasteiger partial charge in [-0.25, -0.2) is 4.79 Å². The van der Waals surface area contributed by atoms with E-state index in [2.05, 4.69) is 13.5 Å². The van der Waals surface area contributed by atoms with Gasteiger partial charge in [0, 0.05) is 19.7 Å². The zero-order chi connectivity index (χ0) is 17.3. The first-order chi connectivity index (χ1) is 11.1. The van der Waals surface area contributed by atoms with Gasteiger partial charge in [-0.3, -0.25) is 0 Å². The minimum absolute atomic E-state index is 0.297. The summed E-state index contributed by atoms with van der Waals surface area (Å²) in [5.74, 6) is -0.297. The van der Waals surface area contributed by atoms with Crippen LogP contribution in [-0.2, 0) is 9.63 Å². The maximum absolute atomic E-state index is 11.5. The third-order valence-corrected chi connectivity index (χ3v) is 4.14. The lowest BCUT2D eigenvalue weighted by Crippen LogP contribution is -2.19. The second kappa shape index (κ2) is 16.0. The van der Waals surface area contributed by atoms with Crippen LogP contribution >= 0.6 is 0 Å². The average Bonchev–Trinajstić information content (AvgIpc) is 2.51. The predicted molar refractivity (Wildman–Crippen MR) is 99.2 cm³/mol. The molecule has 0 aliphatic rings. The number of unbranched alkanes of at least 4 members (excludes halogenated alkanes) is 12. The van der Waals surface area contributed by atoms with Crippen LogP contribution in [0.1, 0.15) is 96.8 Å². The Hall–Kier alpha value is -0.830. The highest BCUT2D eigenvalue weighted by molar-refractivity contribution is 5.87. The second-order valence-corrected chi connectivity index (χ2v) is 6.79. The highest BCUT2D eigenvalue weighted by Gasteiger charge is 2.09. The van der Waals surface area contributed by atoms with Crippen molar-refractivity contribution >= 4 is 5.97 Å². The van der Waals surface area contributed by atoms with Crippen LogP contribution in [0.2, 0.25) is 0 Å². The molecule has 0 atom stereocenters. The zero-order valence-corrected chi connectivity index (χ0v) is 15.9. The van der Waals surface area contributed by atoms with Crippen LogP contribution < -0.4 is 0 Å². The summed E-state index contributed by atoms with van der Waals surface area (Å²) in [4.78, 5) is 16.5. The topological polar surface area (TPSA) is 29.5 Å². The first-order valence-electron chi connectivity index (χ1n) is 9.65. The molecule has 0 N–H and O–H groups in total. The first kappa shape index (κ1) is 22.2. The van der Waals surface area contributed by atoms with Crippen molar-refractivity contribution in [3.05, 3.63) is 12.2 Å². The van der Waals surface area contributed by atoms with Gasteiger partial charge < -0.3 is 4.84 Å². The Balaban J connectivity index is 3.24. The van der Waals surface area contributed by atoms with Gasteiger partial charge in [0.15, 0.2) is 0 Å². The molecule has 0 unspecified atom stereocenters. The van der Waals surface area contributed by atoms with Crippen molar-refractivity contribution < 1.29 is 9.63 Å². The fourth-order valence-corrected chi connectivity index (χ4v) is 2.69. The lowest BCUT2D eigenvalue weighted by molar-refractivity contribution is -0.173. The molecule has 23 heavy (non-hydrogen) atoms. The molecule has 0 saturated carbocycles. The van der Waals surface area contributed by atoms with Gasteiger partial charge in [0.05, 0.1) is 0 Å². The molecule has 3 heteroatoms. The molecule has 0 spiro atoms. The molecule has 0 aliphatic heterocycles. The third-order valence-electron chi connectivity index (χ3n) is 4.14. The van der Waals surface area contributed by atoms with Crippen LogP contribution in [-0.4, -0.2) is 25.1 Å². The average molecular weight is 326 g/mol. The standard InChI is InChI=1S/C20H39NO2/c1-5-6-7-8-9-10-11-12-13-14-15-16-17-18-19(2)20(22)23-21(3)4/h2,5-18H2,1,3-4H3. The van der Waals surface area contributed by atoms with Crippen molar-refractivity contribution in [2.75, 3.05) is 14.1 Å². The van der Waals surface area contributed by atoms with Gasteiger partial charge >= 0.3 is 5.97 Å². The highest BCUT2D eigenvalue weighted by Crippen LogP contribution is 2.14. The molecule has 0 aromatic carbocycles. The number of hydroxylamine groups is 2. The van der Waals surface area contributed by atoms with Crippen LogP contribution in [0.15, 0.2) is 12.2 Å². The van der Waals surface area contributed by atoms with E-state index in [1.807, 2.05) is 0 Å². The molecule has 0 aliphatic carbocycles. The highest BCUT2D eigenvalue weighted by atomic mass is 16.7. The lowest BCUT2D eigenvalue weighted by Gasteiger charge is -2.11. The van der Waals surface area contributed by atoms with Crippen molar-refractivity contribution in [3.8, 4) is 0 Å². The van der Waals surface area contributed by atoms with E-state index in [0.717, 1.165) is 12.8 Å². The lowest BCUT2D eigenvalue weighted by atomic mass is 10.0. The van der Waals surface area contributed by atoms with E-state index in [9.17, 15) is 4.79 Å². The third kappa shape index (κ3) is 15.8. The van der Waals surface area contributed by atoms with Crippen molar-refractivity contribution in [3.63, 3.8) is 0 Å². The second-order valence-electron chi connectivity index (χ2n) is 6.79. The van der Waals surface area contributed by atoms with Crippen LogP contribution in [0, 0.1) is 0 Å². The van der Waals surface area contributed by atoms with Gasteiger partial charge in [0.25, 0.3) is 0 Å². The van der Waals surface area contributed by atoms with E-state index in [4.69, 9.17) is 4.84 Å². The number of hydrogen-bond acceptors (Lipinski definition) is 3. The minimum Gasteiger partial charge on any atom is -0.365 e. The Labute approximate surface area is 144 Å². The van der Waals surface area contributed by atoms with Crippen LogP contribution in [0.3, 0.4) is 0 Å². The summed E-state index contributed by atoms with van der Waals surface area (Å²) in [6.07, 6.45) is 18.1. The van der Waals surface area contributed by atoms with E-state index in [1.54, 1.807) is 14.1 Å². The summed E-state index contributed by atoms with van der Waals surface area (Å²) in [5.41, 5.74) is 0.585. The van der Waals surface area contributed by atoms with E-state index in [0.29, 0.717) is 5.57 Å². The Morgan fingerprint density at radius 2 is 1.17 bits per heavy atom. The van der Waals surface area contributed by atoms with E-state index in [1.165, 1.54) is 82.1 Å². The maximum atomic E-state index is 11.5.